The van der Waals surface area contributed by atoms with E-state index in [1.165, 1.54) is 6.92 Å². The first-order valence-corrected chi connectivity index (χ1v) is 4.11. The Bertz CT molecular complexity index is 228. The highest BCUT2D eigenvalue weighted by atomic mass is 16.6. The molecule has 13 heavy (non-hydrogen) atoms. The molecule has 0 aromatic carbocycles. The molecule has 0 aromatic rings. The molecule has 1 atom stereocenters. The van der Waals surface area contributed by atoms with Crippen LogP contribution in [-0.2, 0) is 14.7 Å². The minimum absolute atomic E-state index is 0.264. The smallest absolute Gasteiger partial charge is 0.307 e. The predicted octanol–water partition coefficient (Wildman–Crippen LogP) is 0.634. The molecule has 1 radical (unpaired) electrons. The zero-order valence-electron chi connectivity index (χ0n) is 8.03. The fraction of sp³-hybridized carbons (Fsp3) is 0.875. The van der Waals surface area contributed by atoms with Gasteiger partial charge in [-0.2, -0.15) is 0 Å². The Morgan fingerprint density at radius 2 is 2.08 bits per heavy atom. The van der Waals surface area contributed by atoms with Gasteiger partial charge >= 0.3 is 5.97 Å². The van der Waals surface area contributed by atoms with Gasteiger partial charge in [0.05, 0.1) is 18.6 Å². The lowest BCUT2D eigenvalue weighted by Crippen LogP contribution is -2.48. The van der Waals surface area contributed by atoms with E-state index in [0.717, 1.165) is 5.06 Å². The highest BCUT2D eigenvalue weighted by Crippen LogP contribution is 2.35. The van der Waals surface area contributed by atoms with Crippen molar-refractivity contribution in [1.82, 2.24) is 5.06 Å². The molecule has 1 saturated heterocycles. The molecule has 0 aliphatic carbocycles. The van der Waals surface area contributed by atoms with E-state index in [9.17, 15) is 10.0 Å². The summed E-state index contributed by atoms with van der Waals surface area (Å²) in [6.07, 6.45) is -0.292. The number of aliphatic carboxylic acids is 1. The van der Waals surface area contributed by atoms with E-state index in [0.29, 0.717) is 0 Å². The van der Waals surface area contributed by atoms with Crippen LogP contribution in [0.25, 0.3) is 0 Å². The molecule has 5 nitrogen and oxygen atoms in total. The van der Waals surface area contributed by atoms with Gasteiger partial charge in [0.1, 0.15) is 0 Å². The van der Waals surface area contributed by atoms with Gasteiger partial charge in [-0.1, -0.05) is 0 Å². The van der Waals surface area contributed by atoms with E-state index in [1.54, 1.807) is 13.8 Å². The van der Waals surface area contributed by atoms with Gasteiger partial charge in [-0.05, 0) is 20.8 Å². The fourth-order valence-corrected chi connectivity index (χ4v) is 1.49. The first kappa shape index (κ1) is 10.4. The maximum Gasteiger partial charge on any atom is 0.307 e. The number of ether oxygens (including phenoxy) is 1. The summed E-state index contributed by atoms with van der Waals surface area (Å²) >= 11 is 0. The van der Waals surface area contributed by atoms with Crippen LogP contribution in [0, 0.1) is 0 Å². The van der Waals surface area contributed by atoms with Gasteiger partial charge in [-0.3, -0.25) is 4.79 Å². The van der Waals surface area contributed by atoms with Crippen LogP contribution in [0.4, 0.5) is 0 Å². The average molecular weight is 188 g/mol. The van der Waals surface area contributed by atoms with E-state index in [4.69, 9.17) is 9.84 Å². The largest absolute Gasteiger partial charge is 0.481 e. The lowest BCUT2D eigenvalue weighted by molar-refractivity contribution is -0.285. The second-order valence-electron chi connectivity index (χ2n) is 4.14. The first-order chi connectivity index (χ1) is 5.78. The minimum Gasteiger partial charge on any atom is -0.481 e. The minimum atomic E-state index is -1.21. The summed E-state index contributed by atoms with van der Waals surface area (Å²) in [7, 11) is 0. The molecule has 0 aromatic heterocycles. The summed E-state index contributed by atoms with van der Waals surface area (Å²) in [6, 6.07) is 0. The lowest BCUT2D eigenvalue weighted by Gasteiger charge is -2.30. The van der Waals surface area contributed by atoms with Crippen molar-refractivity contribution in [3.63, 3.8) is 0 Å². The monoisotopic (exact) mass is 188 g/mol. The average Bonchev–Trinajstić information content (AvgIpc) is 2.14. The summed E-state index contributed by atoms with van der Waals surface area (Å²) in [5.74, 6) is -1.03. The molecule has 1 aliphatic rings. The van der Waals surface area contributed by atoms with Gasteiger partial charge in [0.15, 0.2) is 5.72 Å². The molecule has 1 aliphatic heterocycles. The van der Waals surface area contributed by atoms with Crippen molar-refractivity contribution in [3.05, 3.63) is 0 Å². The molecule has 0 bridgehead atoms. The van der Waals surface area contributed by atoms with Gasteiger partial charge in [0, 0.05) is 0 Å². The predicted molar refractivity (Wildman–Crippen MR) is 43.2 cm³/mol. The Labute approximate surface area is 76.9 Å². The van der Waals surface area contributed by atoms with Crippen LogP contribution in [0.15, 0.2) is 0 Å². The van der Waals surface area contributed by atoms with Crippen LogP contribution in [0.2, 0.25) is 0 Å². The molecule has 1 fully saturated rings. The van der Waals surface area contributed by atoms with Gasteiger partial charge < -0.3 is 9.84 Å². The fourth-order valence-electron chi connectivity index (χ4n) is 1.49. The third-order valence-corrected chi connectivity index (χ3v) is 2.19. The van der Waals surface area contributed by atoms with E-state index >= 15 is 0 Å². The second kappa shape index (κ2) is 2.94. The van der Waals surface area contributed by atoms with E-state index in [1.807, 2.05) is 0 Å². The summed E-state index contributed by atoms with van der Waals surface area (Å²) in [4.78, 5) is 10.5. The summed E-state index contributed by atoms with van der Waals surface area (Å²) in [5, 5.41) is 20.9. The van der Waals surface area contributed by atoms with Crippen molar-refractivity contribution < 1.29 is 19.8 Å². The van der Waals surface area contributed by atoms with Crippen molar-refractivity contribution in [2.45, 2.75) is 38.5 Å². The number of carbonyl (C=O) groups is 1. The third-order valence-electron chi connectivity index (χ3n) is 2.19. The Hall–Kier alpha value is -0.650. The SMILES string of the molecule is CC1(C)COC(C)(CC(=O)O)N1[O]. The first-order valence-electron chi connectivity index (χ1n) is 4.11. The lowest BCUT2D eigenvalue weighted by atomic mass is 10.1. The normalized spacial score (nSPS) is 33.5. The molecule has 1 unspecified atom stereocenters. The number of rotatable bonds is 2. The van der Waals surface area contributed by atoms with Crippen LogP contribution in [0.1, 0.15) is 27.2 Å². The molecular weight excluding hydrogens is 174 g/mol. The molecule has 5 heteroatoms. The quantitative estimate of drug-likeness (QED) is 0.690. The number of carboxylic acid groups (broad SMARTS) is 1. The number of nitrogens with zero attached hydrogens (tertiary/aromatic N) is 1. The van der Waals surface area contributed by atoms with Crippen molar-refractivity contribution in [1.29, 1.82) is 0 Å². The van der Waals surface area contributed by atoms with E-state index in [2.05, 4.69) is 0 Å². The van der Waals surface area contributed by atoms with Crippen LogP contribution in [-0.4, -0.2) is 34.0 Å². The standard InChI is InChI=1S/C8H14NO4/c1-7(2)5-13-8(3,9(7)12)4-6(10)11/h4-5H2,1-3H3,(H,10,11). The van der Waals surface area contributed by atoms with Crippen molar-refractivity contribution in [2.75, 3.05) is 6.61 Å². The molecule has 1 rings (SSSR count). The summed E-state index contributed by atoms with van der Waals surface area (Å²) < 4.78 is 5.21. The Balaban J connectivity index is 2.77. The molecule has 0 saturated carbocycles. The topological polar surface area (TPSA) is 69.7 Å². The molecule has 1 heterocycles. The highest BCUT2D eigenvalue weighted by molar-refractivity contribution is 5.68. The highest BCUT2D eigenvalue weighted by Gasteiger charge is 2.50. The molecule has 75 valence electrons. The third kappa shape index (κ3) is 1.82. The molecule has 0 amide bonds. The Morgan fingerprint density at radius 1 is 1.54 bits per heavy atom. The Morgan fingerprint density at radius 3 is 2.38 bits per heavy atom. The Kier molecular flexibility index (Phi) is 2.36. The summed E-state index contributed by atoms with van der Waals surface area (Å²) in [5.41, 5.74) is -1.85. The zero-order chi connectivity index (χ0) is 10.3. The second-order valence-corrected chi connectivity index (χ2v) is 4.14. The molecule has 0 spiro atoms. The van der Waals surface area contributed by atoms with Crippen molar-refractivity contribution >= 4 is 5.97 Å². The number of hydroxylamine groups is 2. The van der Waals surface area contributed by atoms with Crippen LogP contribution >= 0.6 is 0 Å². The van der Waals surface area contributed by atoms with Gasteiger partial charge in [-0.15, -0.1) is 10.3 Å². The van der Waals surface area contributed by atoms with E-state index < -0.39 is 17.2 Å². The summed E-state index contributed by atoms with van der Waals surface area (Å²) in [6.45, 7) is 5.23. The molecular formula is C8H14NO4. The van der Waals surface area contributed by atoms with Crippen LogP contribution < -0.4 is 0 Å². The zero-order valence-corrected chi connectivity index (χ0v) is 8.03. The maximum atomic E-state index is 11.6. The van der Waals surface area contributed by atoms with Gasteiger partial charge in [0.2, 0.25) is 0 Å². The van der Waals surface area contributed by atoms with Crippen molar-refractivity contribution in [3.8, 4) is 0 Å². The number of carboxylic acids is 1. The van der Waals surface area contributed by atoms with E-state index in [-0.39, 0.29) is 13.0 Å². The maximum absolute atomic E-state index is 11.6. The van der Waals surface area contributed by atoms with Gasteiger partial charge in [-0.25, -0.2) is 0 Å². The number of hydrogen-bond donors (Lipinski definition) is 1. The van der Waals surface area contributed by atoms with Crippen LogP contribution in [0.3, 0.4) is 0 Å². The van der Waals surface area contributed by atoms with Crippen LogP contribution in [0.5, 0.6) is 0 Å². The van der Waals surface area contributed by atoms with Crippen molar-refractivity contribution in [2.24, 2.45) is 0 Å². The number of hydrogen-bond acceptors (Lipinski definition) is 3. The van der Waals surface area contributed by atoms with Gasteiger partial charge in [0.25, 0.3) is 0 Å². The molecule has 1 N–H and O–H groups in total.